The van der Waals surface area contributed by atoms with Crippen molar-refractivity contribution in [3.05, 3.63) is 218 Å². The molecular formula is C56H36B2N4O. The molecule has 9 aromatic carbocycles. The highest BCUT2D eigenvalue weighted by atomic mass is 16.3. The first-order valence-electron chi connectivity index (χ1n) is 21.8. The number of hydrogen-bond acceptors (Lipinski definition) is 5. The average molecular weight is 803 g/mol. The Balaban J connectivity index is 1.10. The molecule has 14 rings (SSSR count). The molecule has 0 radical (unpaired) electrons. The SMILES string of the molecule is c1ccc(N2c3ccccc3B3c4cc5c(cc4N(c4ccccc4)c4cccc2c43)B2c3oc4ccccc4c3N(c3ccccc3)c3cccc(c32)N5c2ccccc2)cc1. The molecule has 4 aliphatic heterocycles. The van der Waals surface area contributed by atoms with E-state index in [1.165, 1.54) is 50.1 Å². The van der Waals surface area contributed by atoms with Crippen molar-refractivity contribution in [1.29, 1.82) is 0 Å². The van der Waals surface area contributed by atoms with E-state index in [-0.39, 0.29) is 13.4 Å². The summed E-state index contributed by atoms with van der Waals surface area (Å²) < 4.78 is 7.19. The maximum Gasteiger partial charge on any atom is 0.297 e. The van der Waals surface area contributed by atoms with Crippen LogP contribution in [-0.2, 0) is 0 Å². The van der Waals surface area contributed by atoms with Gasteiger partial charge in [-0.1, -0.05) is 115 Å². The standard InChI is InChI=1S/C56H36B2N4O/c1-5-19-37(20-6-1)59-45-29-15-14-28-42(45)57-43-35-51-44(36-50(43)60(38-21-7-2-8-22-38)47-31-17-30-46(59)53(47)57)58-54-48(61(51)39-23-9-3-10-24-39)32-18-33-49(54)62(40-25-11-4-12-26-40)55-41-27-13-16-34-52(41)63-56(55)58/h1-36H. The number of benzene rings is 9. The van der Waals surface area contributed by atoms with E-state index in [0.29, 0.717) is 0 Å². The minimum absolute atomic E-state index is 0.0281. The van der Waals surface area contributed by atoms with Crippen molar-refractivity contribution in [1.82, 2.24) is 0 Å². The lowest BCUT2D eigenvalue weighted by molar-refractivity contribution is 0.651. The summed E-state index contributed by atoms with van der Waals surface area (Å²) in [6.07, 6.45) is 0. The summed E-state index contributed by atoms with van der Waals surface area (Å²) >= 11 is 0. The molecule has 0 spiro atoms. The number of nitrogens with zero attached hydrogens (tertiary/aromatic N) is 4. The second kappa shape index (κ2) is 13.2. The Kier molecular flexibility index (Phi) is 7.22. The second-order valence-electron chi connectivity index (χ2n) is 16.8. The van der Waals surface area contributed by atoms with Gasteiger partial charge in [-0.05, 0) is 130 Å². The molecule has 10 aromatic rings. The number of para-hydroxylation sites is 6. The molecular weight excluding hydrogens is 766 g/mol. The van der Waals surface area contributed by atoms with E-state index < -0.39 is 0 Å². The first-order chi connectivity index (χ1) is 31.3. The summed E-state index contributed by atoms with van der Waals surface area (Å²) in [4.78, 5) is 9.89. The van der Waals surface area contributed by atoms with Crippen LogP contribution < -0.4 is 52.6 Å². The summed E-state index contributed by atoms with van der Waals surface area (Å²) in [7, 11) is 0. The molecule has 5 nitrogen and oxygen atoms in total. The van der Waals surface area contributed by atoms with Crippen LogP contribution in [0.3, 0.4) is 0 Å². The van der Waals surface area contributed by atoms with Gasteiger partial charge in [0.2, 0.25) is 0 Å². The van der Waals surface area contributed by atoms with Gasteiger partial charge in [-0.15, -0.1) is 0 Å². The van der Waals surface area contributed by atoms with Crippen molar-refractivity contribution in [3.63, 3.8) is 0 Å². The van der Waals surface area contributed by atoms with Gasteiger partial charge in [0.15, 0.2) is 0 Å². The van der Waals surface area contributed by atoms with Crippen LogP contribution in [0.1, 0.15) is 0 Å². The van der Waals surface area contributed by atoms with Crippen LogP contribution >= 0.6 is 0 Å². The zero-order chi connectivity index (χ0) is 41.2. The molecule has 292 valence electrons. The molecule has 0 bridgehead atoms. The summed E-state index contributed by atoms with van der Waals surface area (Å²) in [6.45, 7) is -0.212. The molecule has 0 saturated carbocycles. The van der Waals surface area contributed by atoms with Crippen LogP contribution in [0.4, 0.5) is 68.2 Å². The first-order valence-corrected chi connectivity index (χ1v) is 21.8. The van der Waals surface area contributed by atoms with Gasteiger partial charge in [-0.25, -0.2) is 0 Å². The summed E-state index contributed by atoms with van der Waals surface area (Å²) in [5.41, 5.74) is 21.9. The molecule has 0 amide bonds. The fraction of sp³-hybridized carbons (Fsp3) is 0. The minimum atomic E-state index is -0.184. The van der Waals surface area contributed by atoms with Crippen molar-refractivity contribution in [2.24, 2.45) is 0 Å². The van der Waals surface area contributed by atoms with Crippen LogP contribution in [0, 0.1) is 0 Å². The van der Waals surface area contributed by atoms with Crippen LogP contribution in [-0.4, -0.2) is 13.4 Å². The minimum Gasteiger partial charge on any atom is -0.468 e. The largest absolute Gasteiger partial charge is 0.468 e. The van der Waals surface area contributed by atoms with Gasteiger partial charge in [0, 0.05) is 67.9 Å². The Labute approximate surface area is 366 Å². The number of fused-ring (bicyclic) bond motifs is 10. The van der Waals surface area contributed by atoms with Crippen LogP contribution in [0.5, 0.6) is 0 Å². The molecule has 63 heavy (non-hydrogen) atoms. The third-order valence-corrected chi connectivity index (χ3v) is 13.6. The molecule has 0 fully saturated rings. The van der Waals surface area contributed by atoms with E-state index in [1.54, 1.807) is 0 Å². The summed E-state index contributed by atoms with van der Waals surface area (Å²) in [5.74, 6) is 0. The third kappa shape index (κ3) is 4.79. The lowest BCUT2D eigenvalue weighted by atomic mass is 9.32. The van der Waals surface area contributed by atoms with E-state index in [4.69, 9.17) is 4.42 Å². The smallest absolute Gasteiger partial charge is 0.297 e. The predicted octanol–water partition coefficient (Wildman–Crippen LogP) is 10.6. The Morgan fingerprint density at radius 1 is 0.302 bits per heavy atom. The van der Waals surface area contributed by atoms with E-state index >= 15 is 0 Å². The molecule has 0 unspecified atom stereocenters. The van der Waals surface area contributed by atoms with Crippen LogP contribution in [0.2, 0.25) is 0 Å². The maximum absolute atomic E-state index is 7.19. The van der Waals surface area contributed by atoms with Gasteiger partial charge < -0.3 is 24.0 Å². The third-order valence-electron chi connectivity index (χ3n) is 13.6. The van der Waals surface area contributed by atoms with Gasteiger partial charge >= 0.3 is 0 Å². The van der Waals surface area contributed by atoms with Gasteiger partial charge in [0.25, 0.3) is 13.4 Å². The number of rotatable bonds is 4. The van der Waals surface area contributed by atoms with E-state index in [2.05, 4.69) is 238 Å². The van der Waals surface area contributed by atoms with Crippen molar-refractivity contribution in [2.45, 2.75) is 0 Å². The van der Waals surface area contributed by atoms with E-state index in [9.17, 15) is 0 Å². The first kappa shape index (κ1) is 34.5. The van der Waals surface area contributed by atoms with Crippen LogP contribution in [0.25, 0.3) is 11.0 Å². The zero-order valence-corrected chi connectivity index (χ0v) is 34.1. The van der Waals surface area contributed by atoms with Gasteiger partial charge in [-0.2, -0.15) is 0 Å². The van der Waals surface area contributed by atoms with E-state index in [1.807, 2.05) is 0 Å². The highest BCUT2D eigenvalue weighted by Gasteiger charge is 2.49. The highest BCUT2D eigenvalue weighted by molar-refractivity contribution is 7.02. The summed E-state index contributed by atoms with van der Waals surface area (Å²) in [5, 5.41) is 1.10. The molecule has 0 saturated heterocycles. The second-order valence-corrected chi connectivity index (χ2v) is 16.8. The van der Waals surface area contributed by atoms with Crippen molar-refractivity contribution >= 4 is 126 Å². The molecule has 0 atom stereocenters. The molecule has 0 aliphatic carbocycles. The highest BCUT2D eigenvalue weighted by Crippen LogP contribution is 2.49. The maximum atomic E-state index is 7.19. The molecule has 7 heteroatoms. The fourth-order valence-electron chi connectivity index (χ4n) is 11.2. The van der Waals surface area contributed by atoms with Crippen LogP contribution in [0.15, 0.2) is 223 Å². The average Bonchev–Trinajstić information content (AvgIpc) is 3.73. The Morgan fingerprint density at radius 2 is 0.698 bits per heavy atom. The summed E-state index contributed by atoms with van der Waals surface area (Å²) in [6, 6.07) is 79.6. The number of furan rings is 1. The Bertz CT molecular complexity index is 3450. The monoisotopic (exact) mass is 802 g/mol. The lowest BCUT2D eigenvalue weighted by Crippen LogP contribution is -2.64. The van der Waals surface area contributed by atoms with Gasteiger partial charge in [0.1, 0.15) is 5.58 Å². The number of hydrogen-bond donors (Lipinski definition) is 0. The normalized spacial score (nSPS) is 13.8. The predicted molar refractivity (Wildman–Crippen MR) is 264 cm³/mol. The molecule has 5 heterocycles. The van der Waals surface area contributed by atoms with Gasteiger partial charge in [0.05, 0.1) is 11.3 Å². The van der Waals surface area contributed by atoms with Crippen molar-refractivity contribution in [3.8, 4) is 0 Å². The lowest BCUT2D eigenvalue weighted by Gasteiger charge is -2.46. The quantitative estimate of drug-likeness (QED) is 0.165. The Morgan fingerprint density at radius 3 is 1.25 bits per heavy atom. The fourth-order valence-corrected chi connectivity index (χ4v) is 11.2. The molecule has 4 aliphatic rings. The molecule has 1 aromatic heterocycles. The topological polar surface area (TPSA) is 26.1 Å². The molecule has 0 N–H and O–H groups in total. The van der Waals surface area contributed by atoms with E-state index in [0.717, 1.165) is 62.1 Å². The zero-order valence-electron chi connectivity index (χ0n) is 34.1. The van der Waals surface area contributed by atoms with Crippen molar-refractivity contribution < 1.29 is 4.42 Å². The number of anilines is 12. The van der Waals surface area contributed by atoms with Crippen molar-refractivity contribution in [2.75, 3.05) is 19.6 Å². The Hall–Kier alpha value is -8.15. The van der Waals surface area contributed by atoms with Gasteiger partial charge in [-0.3, -0.25) is 0 Å².